The van der Waals surface area contributed by atoms with Crippen LogP contribution in [0.25, 0.3) is 0 Å². The highest BCUT2D eigenvalue weighted by Crippen LogP contribution is 2.69. The number of esters is 1. The largest absolute Gasteiger partial charge is 0.456 e. The number of likely N-dealkylation sites (tertiary alicyclic amines) is 1. The van der Waals surface area contributed by atoms with Crippen molar-refractivity contribution in [3.63, 3.8) is 0 Å². The highest BCUT2D eigenvalue weighted by Gasteiger charge is 2.78. The number of piperidine rings is 1. The van der Waals surface area contributed by atoms with E-state index in [0.29, 0.717) is 18.8 Å². The first-order valence-corrected chi connectivity index (χ1v) is 12.6. The van der Waals surface area contributed by atoms with Crippen LogP contribution in [-0.4, -0.2) is 64.8 Å². The number of allylic oxidation sites excluding steroid dienone is 3. The first kappa shape index (κ1) is 21.1. The number of rotatable bonds is 5. The van der Waals surface area contributed by atoms with Gasteiger partial charge in [-0.2, -0.15) is 0 Å². The molecule has 0 radical (unpaired) electrons. The van der Waals surface area contributed by atoms with Crippen LogP contribution in [0.2, 0.25) is 0 Å². The molecule has 6 rings (SSSR count). The predicted molar refractivity (Wildman–Crippen MR) is 118 cm³/mol. The molecule has 8 atom stereocenters. The maximum atomic E-state index is 13.1. The summed E-state index contributed by atoms with van der Waals surface area (Å²) in [4.78, 5) is 28.1. The molecule has 4 saturated carbocycles. The Hall–Kier alpha value is -1.50. The van der Waals surface area contributed by atoms with E-state index >= 15 is 0 Å². The SMILES string of the molecule is C/C=C/C=C/C(=O)OC1CCC2C[C@H]3N(CC4CC4)CC[C@]45C2C1O[C@H]4C(=O)CC[C@@]35O. The molecule has 6 aliphatic rings. The van der Waals surface area contributed by atoms with Gasteiger partial charge in [-0.15, -0.1) is 0 Å². The quantitative estimate of drug-likeness (QED) is 0.402. The molecule has 6 nitrogen and oxygen atoms in total. The van der Waals surface area contributed by atoms with Crippen molar-refractivity contribution >= 4 is 11.8 Å². The molecule has 1 N–H and O–H groups in total. The molecule has 174 valence electrons. The van der Waals surface area contributed by atoms with Crippen LogP contribution >= 0.6 is 0 Å². The average Bonchev–Trinajstić information content (AvgIpc) is 3.51. The summed E-state index contributed by atoms with van der Waals surface area (Å²) < 4.78 is 12.4. The van der Waals surface area contributed by atoms with Gasteiger partial charge in [0.2, 0.25) is 0 Å². The highest BCUT2D eigenvalue weighted by molar-refractivity contribution is 5.86. The van der Waals surface area contributed by atoms with Gasteiger partial charge in [0.1, 0.15) is 12.2 Å². The van der Waals surface area contributed by atoms with Crippen LogP contribution in [0.15, 0.2) is 24.3 Å². The molecule has 2 aliphatic heterocycles. The third kappa shape index (κ3) is 2.88. The number of carbonyl (C=O) groups excluding carboxylic acids is 2. The van der Waals surface area contributed by atoms with Crippen molar-refractivity contribution in [1.82, 2.24) is 4.90 Å². The van der Waals surface area contributed by atoms with Gasteiger partial charge in [0, 0.05) is 36.4 Å². The van der Waals surface area contributed by atoms with Crippen molar-refractivity contribution in [3.05, 3.63) is 24.3 Å². The van der Waals surface area contributed by atoms with E-state index in [4.69, 9.17) is 9.47 Å². The number of hydrogen-bond donors (Lipinski definition) is 1. The Kier molecular flexibility index (Phi) is 4.94. The van der Waals surface area contributed by atoms with Crippen molar-refractivity contribution in [2.24, 2.45) is 23.2 Å². The van der Waals surface area contributed by atoms with Gasteiger partial charge in [-0.1, -0.05) is 18.2 Å². The molecule has 32 heavy (non-hydrogen) atoms. The molecule has 6 heteroatoms. The number of hydrogen-bond acceptors (Lipinski definition) is 6. The van der Waals surface area contributed by atoms with E-state index in [1.807, 2.05) is 13.0 Å². The highest BCUT2D eigenvalue weighted by atomic mass is 16.6. The minimum Gasteiger partial charge on any atom is -0.456 e. The summed E-state index contributed by atoms with van der Waals surface area (Å²) in [6, 6.07) is 0.124. The number of aliphatic hydroxyl groups is 1. The predicted octanol–water partition coefficient (Wildman–Crippen LogP) is 2.79. The maximum Gasteiger partial charge on any atom is 0.331 e. The van der Waals surface area contributed by atoms with Gasteiger partial charge in [-0.25, -0.2) is 4.79 Å². The molecule has 2 saturated heterocycles. The first-order valence-electron chi connectivity index (χ1n) is 12.6. The summed E-state index contributed by atoms with van der Waals surface area (Å²) in [6.07, 6.45) is 12.7. The third-order valence-electron chi connectivity index (χ3n) is 9.58. The Labute approximate surface area is 190 Å². The van der Waals surface area contributed by atoms with Crippen molar-refractivity contribution in [2.75, 3.05) is 13.1 Å². The van der Waals surface area contributed by atoms with E-state index in [0.717, 1.165) is 44.7 Å². The number of ether oxygens (including phenoxy) is 2. The number of ketones is 1. The van der Waals surface area contributed by atoms with Crippen LogP contribution in [0.3, 0.4) is 0 Å². The zero-order chi connectivity index (χ0) is 22.1. The van der Waals surface area contributed by atoms with E-state index in [-0.39, 0.29) is 35.9 Å². The van der Waals surface area contributed by atoms with Crippen LogP contribution in [0, 0.1) is 23.2 Å². The summed E-state index contributed by atoms with van der Waals surface area (Å²) in [7, 11) is 0. The Morgan fingerprint density at radius 1 is 1.25 bits per heavy atom. The van der Waals surface area contributed by atoms with Gasteiger partial charge in [-0.3, -0.25) is 9.69 Å². The lowest BCUT2D eigenvalue weighted by molar-refractivity contribution is -0.251. The molecule has 4 aliphatic carbocycles. The molecule has 2 heterocycles. The second kappa shape index (κ2) is 7.51. The molecule has 0 aromatic rings. The van der Waals surface area contributed by atoms with E-state index in [1.54, 1.807) is 12.2 Å². The van der Waals surface area contributed by atoms with E-state index in [9.17, 15) is 14.7 Å². The fourth-order valence-corrected chi connectivity index (χ4v) is 8.20. The van der Waals surface area contributed by atoms with Crippen molar-refractivity contribution in [1.29, 1.82) is 0 Å². The summed E-state index contributed by atoms with van der Waals surface area (Å²) in [6.45, 7) is 3.92. The van der Waals surface area contributed by atoms with Gasteiger partial charge >= 0.3 is 5.97 Å². The molecular weight excluding hydrogens is 406 g/mol. The number of nitrogens with zero attached hydrogens (tertiary/aromatic N) is 1. The zero-order valence-corrected chi connectivity index (χ0v) is 18.9. The Bertz CT molecular complexity index is 864. The smallest absolute Gasteiger partial charge is 0.331 e. The summed E-state index contributed by atoms with van der Waals surface area (Å²) in [5, 5.41) is 12.3. The van der Waals surface area contributed by atoms with Gasteiger partial charge in [0.05, 0.1) is 11.7 Å². The van der Waals surface area contributed by atoms with Crippen LogP contribution in [0.5, 0.6) is 0 Å². The Morgan fingerprint density at radius 3 is 2.88 bits per heavy atom. The maximum absolute atomic E-state index is 13.1. The standard InChI is InChI=1S/C26H35NO5/c1-2-3-4-5-21(29)31-19-9-8-17-14-20-26(30)11-10-18(28)24-25(26,22(17)23(19)32-24)12-13-27(20)15-16-6-7-16/h2-5,16-17,19-20,22-24,30H,6-15H2,1H3/b3-2+,5-4+/t17?,19?,20-,22?,23?,24+,25+,26-/m1/s1. The van der Waals surface area contributed by atoms with Gasteiger partial charge in [0.15, 0.2) is 5.78 Å². The molecule has 4 unspecified atom stereocenters. The molecule has 0 amide bonds. The number of Topliss-reactive ketones (excluding diaryl/α,β-unsaturated/α-hetero) is 1. The lowest BCUT2D eigenvalue weighted by Crippen LogP contribution is -2.77. The molecular formula is C26H35NO5. The fraction of sp³-hybridized carbons (Fsp3) is 0.769. The second-order valence-corrected chi connectivity index (χ2v) is 11.1. The van der Waals surface area contributed by atoms with Crippen molar-refractivity contribution < 1.29 is 24.2 Å². The molecule has 0 aromatic heterocycles. The molecule has 2 bridgehead atoms. The second-order valence-electron chi connectivity index (χ2n) is 11.1. The fourth-order valence-electron chi connectivity index (χ4n) is 8.20. The summed E-state index contributed by atoms with van der Waals surface area (Å²) in [5.74, 6) is 1.06. The summed E-state index contributed by atoms with van der Waals surface area (Å²) >= 11 is 0. The summed E-state index contributed by atoms with van der Waals surface area (Å²) in [5.41, 5.74) is -1.40. The van der Waals surface area contributed by atoms with E-state index in [1.165, 1.54) is 18.9 Å². The Balaban J connectivity index is 1.32. The number of carbonyl (C=O) groups is 2. The van der Waals surface area contributed by atoms with Crippen LogP contribution < -0.4 is 0 Å². The Morgan fingerprint density at radius 2 is 2.09 bits per heavy atom. The normalized spacial score (nSPS) is 47.8. The molecule has 1 spiro atoms. The molecule has 0 aromatic carbocycles. The van der Waals surface area contributed by atoms with Gasteiger partial charge in [0.25, 0.3) is 0 Å². The van der Waals surface area contributed by atoms with Crippen molar-refractivity contribution in [3.8, 4) is 0 Å². The van der Waals surface area contributed by atoms with Gasteiger partial charge < -0.3 is 14.6 Å². The average molecular weight is 442 g/mol. The van der Waals surface area contributed by atoms with Crippen molar-refractivity contribution in [2.45, 2.75) is 88.2 Å². The van der Waals surface area contributed by atoms with E-state index in [2.05, 4.69) is 4.90 Å². The van der Waals surface area contributed by atoms with Crippen LogP contribution in [-0.2, 0) is 19.1 Å². The first-order chi connectivity index (χ1) is 15.5. The van der Waals surface area contributed by atoms with E-state index < -0.39 is 17.1 Å². The molecule has 6 fully saturated rings. The third-order valence-corrected chi connectivity index (χ3v) is 9.58. The topological polar surface area (TPSA) is 76.1 Å². The van der Waals surface area contributed by atoms with Crippen LogP contribution in [0.1, 0.15) is 58.3 Å². The van der Waals surface area contributed by atoms with Gasteiger partial charge in [-0.05, 0) is 70.3 Å². The lowest BCUT2D eigenvalue weighted by Gasteiger charge is -2.67. The lowest BCUT2D eigenvalue weighted by atomic mass is 9.42. The minimum absolute atomic E-state index is 0.0899. The zero-order valence-electron chi connectivity index (χ0n) is 18.9. The monoisotopic (exact) mass is 441 g/mol. The van der Waals surface area contributed by atoms with Crippen LogP contribution in [0.4, 0.5) is 0 Å². The minimum atomic E-state index is -0.883.